The molecule has 0 saturated carbocycles. The maximum atomic E-state index is 13.5. The molecule has 2 aromatic carbocycles. The Kier molecular flexibility index (Phi) is 6.64. The molecule has 0 aromatic heterocycles. The Hall–Kier alpha value is -2.08. The number of carbonyl (C=O) groups excluding carboxylic acids is 2. The molecule has 2 bridgehead atoms. The first kappa shape index (κ1) is 22.7. The molecule has 5 rings (SSSR count). The molecule has 0 aliphatic carbocycles. The summed E-state index contributed by atoms with van der Waals surface area (Å²) in [6.45, 7) is 5.54. The molecule has 3 saturated heterocycles. The van der Waals surface area contributed by atoms with E-state index in [0.29, 0.717) is 52.5 Å². The highest BCUT2D eigenvalue weighted by molar-refractivity contribution is 6.38. The van der Waals surface area contributed by atoms with Crippen LogP contribution in [-0.2, 0) is 17.9 Å². The van der Waals surface area contributed by atoms with Crippen LogP contribution in [-0.4, -0.2) is 59.2 Å². The number of halogens is 2. The highest BCUT2D eigenvalue weighted by Crippen LogP contribution is 2.34. The summed E-state index contributed by atoms with van der Waals surface area (Å²) in [4.78, 5) is 31.8. The monoisotopic (exact) mass is 485 g/mol. The van der Waals surface area contributed by atoms with Gasteiger partial charge in [0.15, 0.2) is 0 Å². The van der Waals surface area contributed by atoms with E-state index >= 15 is 0 Å². The lowest BCUT2D eigenvalue weighted by atomic mass is 9.84. The molecular weight excluding hydrogens is 457 g/mol. The molecule has 174 valence electrons. The number of hydrogen-bond acceptors (Lipinski definition) is 3. The molecule has 2 amide bonds. The number of likely N-dealkylation sites (tertiary alicyclic amines) is 3. The number of benzene rings is 2. The Morgan fingerprint density at radius 2 is 1.67 bits per heavy atom. The van der Waals surface area contributed by atoms with Gasteiger partial charge in [0, 0.05) is 62.8 Å². The standard InChI is InChI=1S/C26H29Cl2N3O2/c27-23-9-8-21(25(28)22(23)17-30-10-4-7-24(30)32)26(33)31-15-19-11-20(16-31)14-29(13-19)12-18-5-2-1-3-6-18/h1-3,5-6,8-9,19-20H,4,7,10-17H2. The first-order valence-electron chi connectivity index (χ1n) is 11.8. The van der Waals surface area contributed by atoms with E-state index in [1.807, 2.05) is 11.0 Å². The molecule has 3 heterocycles. The van der Waals surface area contributed by atoms with Crippen molar-refractivity contribution in [2.75, 3.05) is 32.7 Å². The van der Waals surface area contributed by atoms with Gasteiger partial charge in [-0.2, -0.15) is 0 Å². The van der Waals surface area contributed by atoms with Crippen molar-refractivity contribution in [2.24, 2.45) is 11.8 Å². The van der Waals surface area contributed by atoms with Crippen LogP contribution in [0.1, 0.15) is 40.7 Å². The van der Waals surface area contributed by atoms with E-state index in [1.54, 1.807) is 17.0 Å². The van der Waals surface area contributed by atoms with Gasteiger partial charge in [0.2, 0.25) is 5.91 Å². The zero-order valence-electron chi connectivity index (χ0n) is 18.7. The molecular formula is C26H29Cl2N3O2. The minimum atomic E-state index is -0.0307. The van der Waals surface area contributed by atoms with Crippen LogP contribution >= 0.6 is 23.2 Å². The number of nitrogens with zero attached hydrogens (tertiary/aromatic N) is 3. The second-order valence-corrected chi connectivity index (χ2v) is 10.4. The fraction of sp³-hybridized carbons (Fsp3) is 0.462. The zero-order valence-corrected chi connectivity index (χ0v) is 20.2. The SMILES string of the molecule is O=C1CCCN1Cc1c(Cl)ccc(C(=O)N2CC3CC(CN(Cc4ccccc4)C3)C2)c1Cl. The predicted octanol–water partition coefficient (Wildman–Crippen LogP) is 4.71. The van der Waals surface area contributed by atoms with E-state index in [1.165, 1.54) is 12.0 Å². The predicted molar refractivity (Wildman–Crippen MR) is 130 cm³/mol. The molecule has 5 nitrogen and oxygen atoms in total. The van der Waals surface area contributed by atoms with Gasteiger partial charge in [-0.15, -0.1) is 0 Å². The summed E-state index contributed by atoms with van der Waals surface area (Å²) in [7, 11) is 0. The van der Waals surface area contributed by atoms with Gasteiger partial charge in [-0.25, -0.2) is 0 Å². The Labute approximate surface area is 205 Å². The van der Waals surface area contributed by atoms with Crippen LogP contribution in [0, 0.1) is 11.8 Å². The Balaban J connectivity index is 1.28. The summed E-state index contributed by atoms with van der Waals surface area (Å²) in [5, 5.41) is 0.886. The van der Waals surface area contributed by atoms with Crippen molar-refractivity contribution in [2.45, 2.75) is 32.4 Å². The van der Waals surface area contributed by atoms with Crippen LogP contribution in [0.5, 0.6) is 0 Å². The van der Waals surface area contributed by atoms with Gasteiger partial charge < -0.3 is 9.80 Å². The minimum Gasteiger partial charge on any atom is -0.338 e. The van der Waals surface area contributed by atoms with Crippen molar-refractivity contribution >= 4 is 35.0 Å². The van der Waals surface area contributed by atoms with E-state index in [-0.39, 0.29) is 11.8 Å². The molecule has 0 N–H and O–H groups in total. The lowest BCUT2D eigenvalue weighted by molar-refractivity contribution is -0.128. The lowest BCUT2D eigenvalue weighted by Gasteiger charge is -2.46. The molecule has 3 aliphatic rings. The van der Waals surface area contributed by atoms with E-state index in [2.05, 4.69) is 29.2 Å². The lowest BCUT2D eigenvalue weighted by Crippen LogP contribution is -2.53. The summed E-state index contributed by atoms with van der Waals surface area (Å²) in [5.41, 5.74) is 2.50. The fourth-order valence-corrected chi connectivity index (χ4v) is 6.24. The first-order chi connectivity index (χ1) is 16.0. The van der Waals surface area contributed by atoms with E-state index in [9.17, 15) is 9.59 Å². The number of carbonyl (C=O) groups is 2. The number of hydrogen-bond donors (Lipinski definition) is 0. The van der Waals surface area contributed by atoms with Gasteiger partial charge in [-0.1, -0.05) is 53.5 Å². The van der Waals surface area contributed by atoms with Crippen molar-refractivity contribution in [3.63, 3.8) is 0 Å². The van der Waals surface area contributed by atoms with Crippen LogP contribution in [0.25, 0.3) is 0 Å². The minimum absolute atomic E-state index is 0.0307. The van der Waals surface area contributed by atoms with Crippen molar-refractivity contribution in [3.8, 4) is 0 Å². The maximum absolute atomic E-state index is 13.5. The summed E-state index contributed by atoms with van der Waals surface area (Å²) in [6.07, 6.45) is 2.59. The number of fused-ring (bicyclic) bond motifs is 2. The molecule has 33 heavy (non-hydrogen) atoms. The van der Waals surface area contributed by atoms with Crippen LogP contribution in [0.4, 0.5) is 0 Å². The third kappa shape index (κ3) is 4.91. The number of amides is 2. The number of piperidine rings is 2. The second kappa shape index (κ2) is 9.65. The maximum Gasteiger partial charge on any atom is 0.255 e. The quantitative estimate of drug-likeness (QED) is 0.615. The zero-order chi connectivity index (χ0) is 22.9. The van der Waals surface area contributed by atoms with E-state index < -0.39 is 0 Å². The third-order valence-electron chi connectivity index (χ3n) is 7.13. The van der Waals surface area contributed by atoms with Crippen molar-refractivity contribution in [1.82, 2.24) is 14.7 Å². The van der Waals surface area contributed by atoms with Crippen molar-refractivity contribution in [3.05, 3.63) is 69.2 Å². The van der Waals surface area contributed by atoms with Gasteiger partial charge in [0.1, 0.15) is 0 Å². The molecule has 7 heteroatoms. The summed E-state index contributed by atoms with van der Waals surface area (Å²) < 4.78 is 0. The third-order valence-corrected chi connectivity index (χ3v) is 7.92. The summed E-state index contributed by atoms with van der Waals surface area (Å²) in [5.74, 6) is 1.02. The van der Waals surface area contributed by atoms with Crippen LogP contribution in [0.15, 0.2) is 42.5 Å². The van der Waals surface area contributed by atoms with Crippen LogP contribution < -0.4 is 0 Å². The molecule has 3 aliphatic heterocycles. The highest BCUT2D eigenvalue weighted by Gasteiger charge is 2.37. The average Bonchev–Trinajstić information content (AvgIpc) is 3.20. The molecule has 3 fully saturated rings. The van der Waals surface area contributed by atoms with Crippen LogP contribution in [0.3, 0.4) is 0 Å². The largest absolute Gasteiger partial charge is 0.338 e. The smallest absolute Gasteiger partial charge is 0.255 e. The normalized spacial score (nSPS) is 23.3. The Bertz CT molecular complexity index is 1030. The molecule has 0 radical (unpaired) electrons. The summed E-state index contributed by atoms with van der Waals surface area (Å²) >= 11 is 13.1. The van der Waals surface area contributed by atoms with Gasteiger partial charge in [-0.05, 0) is 42.4 Å². The van der Waals surface area contributed by atoms with E-state index in [0.717, 1.165) is 39.1 Å². The van der Waals surface area contributed by atoms with Crippen molar-refractivity contribution < 1.29 is 9.59 Å². The number of rotatable bonds is 5. The van der Waals surface area contributed by atoms with Gasteiger partial charge in [0.05, 0.1) is 10.6 Å². The Morgan fingerprint density at radius 3 is 2.33 bits per heavy atom. The summed E-state index contributed by atoms with van der Waals surface area (Å²) in [6, 6.07) is 14.0. The molecule has 2 unspecified atom stereocenters. The topological polar surface area (TPSA) is 43.9 Å². The Morgan fingerprint density at radius 1 is 0.939 bits per heavy atom. The van der Waals surface area contributed by atoms with Gasteiger partial charge >= 0.3 is 0 Å². The first-order valence-corrected chi connectivity index (χ1v) is 12.5. The van der Waals surface area contributed by atoms with Crippen molar-refractivity contribution in [1.29, 1.82) is 0 Å². The second-order valence-electron chi connectivity index (χ2n) is 9.66. The van der Waals surface area contributed by atoms with Gasteiger partial charge in [0.25, 0.3) is 5.91 Å². The van der Waals surface area contributed by atoms with Crippen LogP contribution in [0.2, 0.25) is 10.0 Å². The fourth-order valence-electron chi connectivity index (χ4n) is 5.66. The molecule has 0 spiro atoms. The average molecular weight is 486 g/mol. The molecule has 2 aromatic rings. The molecule has 2 atom stereocenters. The van der Waals surface area contributed by atoms with Gasteiger partial charge in [-0.3, -0.25) is 14.5 Å². The van der Waals surface area contributed by atoms with E-state index in [4.69, 9.17) is 23.2 Å². The highest BCUT2D eigenvalue weighted by atomic mass is 35.5.